The van der Waals surface area contributed by atoms with Crippen LogP contribution in [0.4, 0.5) is 0 Å². The van der Waals surface area contributed by atoms with Crippen LogP contribution in [0.1, 0.15) is 32.3 Å². The van der Waals surface area contributed by atoms with Gasteiger partial charge in [0.15, 0.2) is 0 Å². The van der Waals surface area contributed by atoms with E-state index in [0.29, 0.717) is 5.91 Å². The zero-order chi connectivity index (χ0) is 15.3. The molecule has 1 saturated heterocycles. The molecule has 0 bridgehead atoms. The molecular weight excluding hydrogens is 260 g/mol. The second-order valence-electron chi connectivity index (χ2n) is 6.84. The van der Waals surface area contributed by atoms with Gasteiger partial charge in [0.1, 0.15) is 0 Å². The highest BCUT2D eigenvalue weighted by atomic mass is 16.2. The summed E-state index contributed by atoms with van der Waals surface area (Å²) < 4.78 is 0. The molecule has 0 radical (unpaired) electrons. The number of rotatable bonds is 5. The third kappa shape index (κ3) is 4.31. The normalized spacial score (nSPS) is 17.0. The molecule has 1 heterocycles. The summed E-state index contributed by atoms with van der Waals surface area (Å²) in [6, 6.07) is 10.3. The summed E-state index contributed by atoms with van der Waals surface area (Å²) in [5.74, 6) is 1.02. The Morgan fingerprint density at radius 2 is 1.86 bits per heavy atom. The molecule has 1 aliphatic heterocycles. The number of amides is 1. The van der Waals surface area contributed by atoms with E-state index in [-0.39, 0.29) is 5.41 Å². The minimum atomic E-state index is -0.322. The van der Waals surface area contributed by atoms with Gasteiger partial charge in [-0.15, -0.1) is 0 Å². The fourth-order valence-corrected chi connectivity index (χ4v) is 3.24. The van der Waals surface area contributed by atoms with Crippen molar-refractivity contribution in [1.82, 2.24) is 10.2 Å². The molecule has 1 aliphatic rings. The Hall–Kier alpha value is -1.35. The largest absolute Gasteiger partial charge is 0.342 e. The van der Waals surface area contributed by atoms with Gasteiger partial charge >= 0.3 is 0 Å². The Morgan fingerprint density at radius 3 is 2.43 bits per heavy atom. The molecule has 1 aromatic carbocycles. The smallest absolute Gasteiger partial charge is 0.228 e. The quantitative estimate of drug-likeness (QED) is 0.903. The average Bonchev–Trinajstić information content (AvgIpc) is 2.48. The lowest BCUT2D eigenvalue weighted by Crippen LogP contribution is -2.46. The number of carbonyl (C=O) groups excluding carboxylic acids is 1. The SMILES string of the molecule is CNCC1CCN(C(=O)C(C)(C)Cc2ccccc2)CC1. The Bertz CT molecular complexity index is 448. The van der Waals surface area contributed by atoms with E-state index in [1.807, 2.05) is 25.2 Å². The predicted molar refractivity (Wildman–Crippen MR) is 87.2 cm³/mol. The molecule has 1 fully saturated rings. The topological polar surface area (TPSA) is 32.3 Å². The molecule has 0 unspecified atom stereocenters. The number of likely N-dealkylation sites (tertiary alicyclic amines) is 1. The molecule has 21 heavy (non-hydrogen) atoms. The number of hydrogen-bond acceptors (Lipinski definition) is 2. The van der Waals surface area contributed by atoms with Crippen LogP contribution in [-0.4, -0.2) is 37.5 Å². The van der Waals surface area contributed by atoms with Crippen molar-refractivity contribution in [3.8, 4) is 0 Å². The highest BCUT2D eigenvalue weighted by Gasteiger charge is 2.33. The summed E-state index contributed by atoms with van der Waals surface area (Å²) >= 11 is 0. The summed E-state index contributed by atoms with van der Waals surface area (Å²) in [7, 11) is 2.00. The van der Waals surface area contributed by atoms with E-state index in [2.05, 4.69) is 36.2 Å². The number of piperidine rings is 1. The highest BCUT2D eigenvalue weighted by molar-refractivity contribution is 5.82. The van der Waals surface area contributed by atoms with Crippen molar-refractivity contribution < 1.29 is 4.79 Å². The van der Waals surface area contributed by atoms with E-state index < -0.39 is 0 Å². The third-order valence-electron chi connectivity index (χ3n) is 4.46. The Morgan fingerprint density at radius 1 is 1.24 bits per heavy atom. The number of hydrogen-bond donors (Lipinski definition) is 1. The van der Waals surface area contributed by atoms with Crippen LogP contribution in [0.5, 0.6) is 0 Å². The van der Waals surface area contributed by atoms with Crippen molar-refractivity contribution in [3.63, 3.8) is 0 Å². The second-order valence-corrected chi connectivity index (χ2v) is 6.84. The van der Waals surface area contributed by atoms with Crippen molar-refractivity contribution >= 4 is 5.91 Å². The van der Waals surface area contributed by atoms with E-state index in [1.54, 1.807) is 0 Å². The van der Waals surface area contributed by atoms with Crippen molar-refractivity contribution in [2.75, 3.05) is 26.7 Å². The molecule has 2 rings (SSSR count). The highest BCUT2D eigenvalue weighted by Crippen LogP contribution is 2.27. The van der Waals surface area contributed by atoms with Crippen LogP contribution in [0, 0.1) is 11.3 Å². The lowest BCUT2D eigenvalue weighted by atomic mass is 9.83. The molecule has 1 amide bonds. The van der Waals surface area contributed by atoms with E-state index in [4.69, 9.17) is 0 Å². The molecule has 3 nitrogen and oxygen atoms in total. The molecule has 0 atom stereocenters. The second kappa shape index (κ2) is 7.08. The van der Waals surface area contributed by atoms with Gasteiger partial charge in [0.25, 0.3) is 0 Å². The fourth-order valence-electron chi connectivity index (χ4n) is 3.24. The van der Waals surface area contributed by atoms with Crippen molar-refractivity contribution in [2.24, 2.45) is 11.3 Å². The standard InChI is InChI=1S/C18H28N2O/c1-18(2,13-15-7-5-4-6-8-15)17(21)20-11-9-16(10-12-20)14-19-3/h4-8,16,19H,9-14H2,1-3H3. The molecule has 0 aliphatic carbocycles. The summed E-state index contributed by atoms with van der Waals surface area (Å²) in [6.07, 6.45) is 3.05. The first-order valence-electron chi connectivity index (χ1n) is 8.01. The van der Waals surface area contributed by atoms with Crippen LogP contribution in [0.15, 0.2) is 30.3 Å². The molecule has 1 N–H and O–H groups in total. The number of nitrogens with one attached hydrogen (secondary N) is 1. The van der Waals surface area contributed by atoms with E-state index in [9.17, 15) is 4.79 Å². The molecule has 0 aromatic heterocycles. The lowest BCUT2D eigenvalue weighted by molar-refractivity contribution is -0.141. The van der Waals surface area contributed by atoms with E-state index in [0.717, 1.165) is 44.8 Å². The van der Waals surface area contributed by atoms with Gasteiger partial charge in [0, 0.05) is 18.5 Å². The fraction of sp³-hybridized carbons (Fsp3) is 0.611. The molecule has 1 aromatic rings. The minimum Gasteiger partial charge on any atom is -0.342 e. The summed E-state index contributed by atoms with van der Waals surface area (Å²) in [5.41, 5.74) is 0.915. The van der Waals surface area contributed by atoms with Gasteiger partial charge in [-0.25, -0.2) is 0 Å². The first kappa shape index (κ1) is 16.0. The Balaban J connectivity index is 1.93. The van der Waals surface area contributed by atoms with E-state index in [1.165, 1.54) is 5.56 Å². The molecule has 116 valence electrons. The van der Waals surface area contributed by atoms with Crippen molar-refractivity contribution in [2.45, 2.75) is 33.1 Å². The average molecular weight is 288 g/mol. The van der Waals surface area contributed by atoms with Crippen molar-refractivity contribution in [1.29, 1.82) is 0 Å². The van der Waals surface area contributed by atoms with Crippen LogP contribution >= 0.6 is 0 Å². The molecule has 0 spiro atoms. The van der Waals surface area contributed by atoms with Gasteiger partial charge in [-0.05, 0) is 44.3 Å². The minimum absolute atomic E-state index is 0.300. The van der Waals surface area contributed by atoms with E-state index >= 15 is 0 Å². The lowest BCUT2D eigenvalue weighted by Gasteiger charge is -2.37. The van der Waals surface area contributed by atoms with Gasteiger partial charge in [-0.3, -0.25) is 4.79 Å². The summed E-state index contributed by atoms with van der Waals surface area (Å²) in [6.45, 7) is 7.02. The first-order valence-corrected chi connectivity index (χ1v) is 8.01. The van der Waals surface area contributed by atoms with Gasteiger partial charge in [0.2, 0.25) is 5.91 Å². The Kier molecular flexibility index (Phi) is 5.40. The van der Waals surface area contributed by atoms with Crippen molar-refractivity contribution in [3.05, 3.63) is 35.9 Å². The molecule has 3 heteroatoms. The van der Waals surface area contributed by atoms with Gasteiger partial charge in [-0.2, -0.15) is 0 Å². The van der Waals surface area contributed by atoms with Gasteiger partial charge in [0.05, 0.1) is 0 Å². The monoisotopic (exact) mass is 288 g/mol. The zero-order valence-corrected chi connectivity index (χ0v) is 13.6. The first-order chi connectivity index (χ1) is 10.0. The van der Waals surface area contributed by atoms with Crippen LogP contribution in [0.25, 0.3) is 0 Å². The summed E-state index contributed by atoms with van der Waals surface area (Å²) in [5, 5.41) is 3.24. The maximum atomic E-state index is 12.8. The number of nitrogens with zero attached hydrogens (tertiary/aromatic N) is 1. The zero-order valence-electron chi connectivity index (χ0n) is 13.6. The number of carbonyl (C=O) groups is 1. The maximum absolute atomic E-state index is 12.8. The van der Waals surface area contributed by atoms with Crippen LogP contribution in [0.3, 0.4) is 0 Å². The molecule has 0 saturated carbocycles. The maximum Gasteiger partial charge on any atom is 0.228 e. The summed E-state index contributed by atoms with van der Waals surface area (Å²) in [4.78, 5) is 14.9. The van der Waals surface area contributed by atoms with Crippen LogP contribution in [-0.2, 0) is 11.2 Å². The van der Waals surface area contributed by atoms with Gasteiger partial charge in [-0.1, -0.05) is 44.2 Å². The van der Waals surface area contributed by atoms with Crippen LogP contribution in [0.2, 0.25) is 0 Å². The van der Waals surface area contributed by atoms with Crippen LogP contribution < -0.4 is 5.32 Å². The van der Waals surface area contributed by atoms with Gasteiger partial charge < -0.3 is 10.2 Å². The Labute approximate surface area is 128 Å². The molecular formula is C18H28N2O. The third-order valence-corrected chi connectivity index (χ3v) is 4.46. The predicted octanol–water partition coefficient (Wildman–Crippen LogP) is 2.71. The number of benzene rings is 1.